The van der Waals surface area contributed by atoms with Gasteiger partial charge in [0.15, 0.2) is 6.61 Å². The Kier molecular flexibility index (Phi) is 7.19. The number of halogens is 2. The van der Waals surface area contributed by atoms with Gasteiger partial charge in [-0.25, -0.2) is 4.39 Å². The van der Waals surface area contributed by atoms with Crippen molar-refractivity contribution in [1.82, 2.24) is 10.2 Å². The van der Waals surface area contributed by atoms with Crippen LogP contribution < -0.4 is 10.1 Å². The second-order valence-corrected chi connectivity index (χ2v) is 6.55. The maximum Gasteiger partial charge on any atom is 0.261 e. The summed E-state index contributed by atoms with van der Waals surface area (Å²) in [7, 11) is 1.51. The molecule has 0 aliphatic rings. The number of carbonyl (C=O) groups excluding carboxylic acids is 2. The van der Waals surface area contributed by atoms with Crippen LogP contribution in [-0.2, 0) is 16.1 Å². The SMILES string of the molecule is CNC(=O)[C@H](C)N(Cc1ccc(F)cc1)C(=O)COc1ccc(Cl)c(C)c1. The first-order chi connectivity index (χ1) is 12.8. The lowest BCUT2D eigenvalue weighted by Gasteiger charge is -2.28. The maximum absolute atomic E-state index is 13.1. The van der Waals surface area contributed by atoms with E-state index in [-0.39, 0.29) is 30.8 Å². The minimum Gasteiger partial charge on any atom is -0.484 e. The molecule has 0 spiro atoms. The van der Waals surface area contributed by atoms with Crippen LogP contribution in [0.25, 0.3) is 0 Å². The van der Waals surface area contributed by atoms with Gasteiger partial charge in [0, 0.05) is 18.6 Å². The van der Waals surface area contributed by atoms with Gasteiger partial charge in [-0.2, -0.15) is 0 Å². The quantitative estimate of drug-likeness (QED) is 0.786. The van der Waals surface area contributed by atoms with Crippen molar-refractivity contribution in [3.63, 3.8) is 0 Å². The van der Waals surface area contributed by atoms with Gasteiger partial charge in [-0.3, -0.25) is 9.59 Å². The zero-order valence-electron chi connectivity index (χ0n) is 15.5. The zero-order valence-corrected chi connectivity index (χ0v) is 16.2. The number of hydrogen-bond donors (Lipinski definition) is 1. The number of ether oxygens (including phenoxy) is 1. The number of carbonyl (C=O) groups is 2. The van der Waals surface area contributed by atoms with Crippen LogP contribution in [-0.4, -0.2) is 36.4 Å². The van der Waals surface area contributed by atoms with E-state index in [4.69, 9.17) is 16.3 Å². The van der Waals surface area contributed by atoms with E-state index < -0.39 is 6.04 Å². The van der Waals surface area contributed by atoms with Crippen molar-refractivity contribution in [1.29, 1.82) is 0 Å². The van der Waals surface area contributed by atoms with Gasteiger partial charge in [-0.05, 0) is 55.3 Å². The van der Waals surface area contributed by atoms with E-state index in [1.165, 1.54) is 24.1 Å². The number of rotatable bonds is 7. The third kappa shape index (κ3) is 5.69. The van der Waals surface area contributed by atoms with Crippen molar-refractivity contribution in [3.05, 3.63) is 64.4 Å². The molecule has 2 amide bonds. The average Bonchev–Trinajstić information content (AvgIpc) is 2.67. The van der Waals surface area contributed by atoms with E-state index >= 15 is 0 Å². The molecule has 2 aromatic carbocycles. The first-order valence-electron chi connectivity index (χ1n) is 8.46. The Bertz CT molecular complexity index is 811. The number of nitrogens with one attached hydrogen (secondary N) is 1. The third-order valence-electron chi connectivity index (χ3n) is 4.17. The van der Waals surface area contributed by atoms with E-state index in [1.54, 1.807) is 37.3 Å². The van der Waals surface area contributed by atoms with Gasteiger partial charge in [0.2, 0.25) is 5.91 Å². The van der Waals surface area contributed by atoms with Crippen LogP contribution >= 0.6 is 11.6 Å². The lowest BCUT2D eigenvalue weighted by atomic mass is 10.1. The molecule has 27 heavy (non-hydrogen) atoms. The third-order valence-corrected chi connectivity index (χ3v) is 4.60. The summed E-state index contributed by atoms with van der Waals surface area (Å²) in [4.78, 5) is 26.2. The molecule has 0 saturated heterocycles. The van der Waals surface area contributed by atoms with Crippen LogP contribution in [0.5, 0.6) is 5.75 Å². The predicted molar refractivity (Wildman–Crippen MR) is 102 cm³/mol. The number of likely N-dealkylation sites (N-methyl/N-ethyl adjacent to an activating group) is 1. The van der Waals surface area contributed by atoms with Crippen LogP contribution in [0, 0.1) is 12.7 Å². The molecule has 0 bridgehead atoms. The summed E-state index contributed by atoms with van der Waals surface area (Å²) in [5, 5.41) is 3.15. The van der Waals surface area contributed by atoms with Crippen molar-refractivity contribution >= 4 is 23.4 Å². The Labute approximate surface area is 163 Å². The summed E-state index contributed by atoms with van der Waals surface area (Å²) < 4.78 is 18.7. The van der Waals surface area contributed by atoms with Gasteiger partial charge in [-0.15, -0.1) is 0 Å². The molecule has 0 aliphatic carbocycles. The van der Waals surface area contributed by atoms with Crippen molar-refractivity contribution in [2.45, 2.75) is 26.4 Å². The lowest BCUT2D eigenvalue weighted by Crippen LogP contribution is -2.48. The molecule has 0 fully saturated rings. The van der Waals surface area contributed by atoms with Gasteiger partial charge >= 0.3 is 0 Å². The topological polar surface area (TPSA) is 58.6 Å². The normalized spacial score (nSPS) is 11.6. The highest BCUT2D eigenvalue weighted by atomic mass is 35.5. The van der Waals surface area contributed by atoms with Crippen molar-refractivity contribution in [2.75, 3.05) is 13.7 Å². The monoisotopic (exact) mass is 392 g/mol. The fourth-order valence-corrected chi connectivity index (χ4v) is 2.63. The highest BCUT2D eigenvalue weighted by Gasteiger charge is 2.25. The molecule has 2 rings (SSSR count). The highest BCUT2D eigenvalue weighted by molar-refractivity contribution is 6.31. The van der Waals surface area contributed by atoms with Crippen LogP contribution in [0.1, 0.15) is 18.1 Å². The molecular formula is C20H22ClFN2O3. The summed E-state index contributed by atoms with van der Waals surface area (Å²) in [5.41, 5.74) is 1.55. The number of aryl methyl sites for hydroxylation is 1. The first-order valence-corrected chi connectivity index (χ1v) is 8.84. The fourth-order valence-electron chi connectivity index (χ4n) is 2.51. The summed E-state index contributed by atoms with van der Waals surface area (Å²) in [6.07, 6.45) is 0. The molecule has 1 N–H and O–H groups in total. The van der Waals surface area contributed by atoms with Crippen LogP contribution in [0.4, 0.5) is 4.39 Å². The van der Waals surface area contributed by atoms with Gasteiger partial charge in [0.1, 0.15) is 17.6 Å². The summed E-state index contributed by atoms with van der Waals surface area (Å²) in [6.45, 7) is 3.40. The standard InChI is InChI=1S/C20H22ClFN2O3/c1-13-10-17(8-9-18(13)21)27-12-19(25)24(14(2)20(26)23-3)11-15-4-6-16(22)7-5-15/h4-10,14H,11-12H2,1-3H3,(H,23,26)/t14-/m0/s1. The summed E-state index contributed by atoms with van der Waals surface area (Å²) in [6, 6.07) is 10.2. The Morgan fingerprint density at radius 2 is 1.89 bits per heavy atom. The van der Waals surface area contributed by atoms with E-state index in [0.29, 0.717) is 16.3 Å². The maximum atomic E-state index is 13.1. The lowest BCUT2D eigenvalue weighted by molar-refractivity contribution is -0.142. The van der Waals surface area contributed by atoms with Gasteiger partial charge in [0.25, 0.3) is 5.91 Å². The zero-order chi connectivity index (χ0) is 20.0. The Hall–Kier alpha value is -2.60. The Morgan fingerprint density at radius 1 is 1.22 bits per heavy atom. The first kappa shape index (κ1) is 20.7. The molecular weight excluding hydrogens is 371 g/mol. The van der Waals surface area contributed by atoms with E-state index in [1.807, 2.05) is 6.92 Å². The Balaban J connectivity index is 2.12. The second-order valence-electron chi connectivity index (χ2n) is 6.14. The molecule has 1 atom stereocenters. The Morgan fingerprint density at radius 3 is 2.48 bits per heavy atom. The number of amides is 2. The molecule has 7 heteroatoms. The summed E-state index contributed by atoms with van der Waals surface area (Å²) >= 11 is 5.99. The number of benzene rings is 2. The van der Waals surface area contributed by atoms with Gasteiger partial charge < -0.3 is 15.0 Å². The minimum atomic E-state index is -0.705. The highest BCUT2D eigenvalue weighted by Crippen LogP contribution is 2.21. The summed E-state index contributed by atoms with van der Waals surface area (Å²) in [5.74, 6) is -0.507. The molecule has 5 nitrogen and oxygen atoms in total. The molecule has 2 aromatic rings. The molecule has 0 heterocycles. The second kappa shape index (κ2) is 9.37. The van der Waals surface area contributed by atoms with Crippen LogP contribution in [0.3, 0.4) is 0 Å². The largest absolute Gasteiger partial charge is 0.484 e. The van der Waals surface area contributed by atoms with E-state index in [0.717, 1.165) is 5.56 Å². The smallest absolute Gasteiger partial charge is 0.261 e. The molecule has 144 valence electrons. The predicted octanol–water partition coefficient (Wildman–Crippen LogP) is 3.33. The van der Waals surface area contributed by atoms with Gasteiger partial charge in [0.05, 0.1) is 0 Å². The number of hydrogen-bond acceptors (Lipinski definition) is 3. The minimum absolute atomic E-state index is 0.163. The van der Waals surface area contributed by atoms with Crippen molar-refractivity contribution in [2.24, 2.45) is 0 Å². The molecule has 0 aliphatic heterocycles. The molecule has 0 aromatic heterocycles. The number of nitrogens with zero attached hydrogens (tertiary/aromatic N) is 1. The molecule has 0 saturated carbocycles. The molecule has 0 radical (unpaired) electrons. The van der Waals surface area contributed by atoms with E-state index in [2.05, 4.69) is 5.32 Å². The van der Waals surface area contributed by atoms with E-state index in [9.17, 15) is 14.0 Å². The fraction of sp³-hybridized carbons (Fsp3) is 0.300. The molecule has 0 unspecified atom stereocenters. The average molecular weight is 393 g/mol. The van der Waals surface area contributed by atoms with Crippen LogP contribution in [0.2, 0.25) is 5.02 Å². The van der Waals surface area contributed by atoms with Crippen molar-refractivity contribution < 1.29 is 18.7 Å². The van der Waals surface area contributed by atoms with Gasteiger partial charge in [-0.1, -0.05) is 23.7 Å². The van der Waals surface area contributed by atoms with Crippen LogP contribution in [0.15, 0.2) is 42.5 Å². The van der Waals surface area contributed by atoms with Crippen molar-refractivity contribution in [3.8, 4) is 5.75 Å².